The lowest BCUT2D eigenvalue weighted by Crippen LogP contribution is -2.37. The van der Waals surface area contributed by atoms with E-state index in [4.69, 9.17) is 0 Å². The fraction of sp³-hybridized carbons (Fsp3) is 0.625. The average Bonchev–Trinajstić information content (AvgIpc) is 2.40. The van der Waals surface area contributed by atoms with Crippen LogP contribution in [0.3, 0.4) is 0 Å². The predicted octanol–water partition coefficient (Wildman–Crippen LogP) is 3.50. The molecule has 0 saturated carbocycles. The number of hydrogen-bond acceptors (Lipinski definition) is 2. The Bertz CT molecular complexity index is 418. The highest BCUT2D eigenvalue weighted by Gasteiger charge is 1.99. The number of aromatic nitrogens is 1. The van der Waals surface area contributed by atoms with Crippen molar-refractivity contribution in [1.29, 1.82) is 0 Å². The summed E-state index contributed by atoms with van der Waals surface area (Å²) in [5.74, 6) is 1.63. The van der Waals surface area contributed by atoms with Gasteiger partial charge in [0.2, 0.25) is 0 Å². The number of nitrogens with one attached hydrogen (secondary N) is 2. The maximum Gasteiger partial charge on any atom is 0.191 e. The Morgan fingerprint density at radius 1 is 1.29 bits per heavy atom. The first kappa shape index (κ1) is 20.1. The predicted molar refractivity (Wildman–Crippen MR) is 101 cm³/mol. The van der Waals surface area contributed by atoms with Crippen LogP contribution < -0.4 is 10.6 Å². The van der Waals surface area contributed by atoms with Crippen LogP contribution in [-0.2, 0) is 6.54 Å². The first-order valence-electron chi connectivity index (χ1n) is 7.56. The van der Waals surface area contributed by atoms with Gasteiger partial charge >= 0.3 is 0 Å². The van der Waals surface area contributed by atoms with Gasteiger partial charge in [0.1, 0.15) is 0 Å². The number of rotatable bonds is 7. The first-order valence-corrected chi connectivity index (χ1v) is 7.56. The summed E-state index contributed by atoms with van der Waals surface area (Å²) in [6.45, 7) is 11.0. The summed E-state index contributed by atoms with van der Waals surface area (Å²) in [7, 11) is 0. The summed E-state index contributed by atoms with van der Waals surface area (Å²) in [6, 6.07) is 6.04. The second-order valence-electron chi connectivity index (χ2n) is 5.43. The molecule has 0 atom stereocenters. The van der Waals surface area contributed by atoms with Crippen molar-refractivity contribution in [2.75, 3.05) is 13.1 Å². The summed E-state index contributed by atoms with van der Waals surface area (Å²) in [6.07, 6.45) is 2.41. The zero-order valence-corrected chi connectivity index (χ0v) is 16.0. The Balaban J connectivity index is 0.00000400. The van der Waals surface area contributed by atoms with Crippen molar-refractivity contribution in [2.45, 2.75) is 47.1 Å². The highest BCUT2D eigenvalue weighted by Crippen LogP contribution is 2.02. The van der Waals surface area contributed by atoms with E-state index in [1.54, 1.807) is 0 Å². The molecule has 21 heavy (non-hydrogen) atoms. The third-order valence-corrected chi connectivity index (χ3v) is 2.94. The maximum atomic E-state index is 4.57. The Morgan fingerprint density at radius 2 is 2.05 bits per heavy atom. The molecule has 0 amide bonds. The summed E-state index contributed by atoms with van der Waals surface area (Å²) in [4.78, 5) is 9.04. The molecule has 1 aromatic heterocycles. The molecule has 0 aliphatic rings. The second kappa shape index (κ2) is 11.8. The van der Waals surface area contributed by atoms with Gasteiger partial charge in [-0.05, 0) is 44.7 Å². The van der Waals surface area contributed by atoms with Crippen LogP contribution in [0.2, 0.25) is 0 Å². The first-order chi connectivity index (χ1) is 9.61. The molecule has 1 aromatic rings. The number of aryl methyl sites for hydroxylation is 1. The van der Waals surface area contributed by atoms with E-state index in [0.717, 1.165) is 36.4 Å². The van der Waals surface area contributed by atoms with E-state index in [1.165, 1.54) is 12.8 Å². The van der Waals surface area contributed by atoms with E-state index >= 15 is 0 Å². The monoisotopic (exact) mass is 404 g/mol. The zero-order valence-electron chi connectivity index (χ0n) is 13.6. The third-order valence-electron chi connectivity index (χ3n) is 2.94. The van der Waals surface area contributed by atoms with Crippen molar-refractivity contribution in [1.82, 2.24) is 15.6 Å². The van der Waals surface area contributed by atoms with Gasteiger partial charge in [0.15, 0.2) is 5.96 Å². The Morgan fingerprint density at radius 3 is 2.67 bits per heavy atom. The van der Waals surface area contributed by atoms with Crippen LogP contribution >= 0.6 is 24.0 Å². The molecule has 0 aliphatic carbocycles. The third kappa shape index (κ3) is 9.66. The molecule has 0 aromatic carbocycles. The van der Waals surface area contributed by atoms with Gasteiger partial charge in [0, 0.05) is 18.8 Å². The molecule has 1 heterocycles. The lowest BCUT2D eigenvalue weighted by Gasteiger charge is -2.12. The lowest BCUT2D eigenvalue weighted by atomic mass is 10.1. The van der Waals surface area contributed by atoms with Crippen LogP contribution in [0.5, 0.6) is 0 Å². The smallest absolute Gasteiger partial charge is 0.191 e. The van der Waals surface area contributed by atoms with E-state index < -0.39 is 0 Å². The summed E-state index contributed by atoms with van der Waals surface area (Å²) >= 11 is 0. The van der Waals surface area contributed by atoms with E-state index in [1.807, 2.05) is 25.1 Å². The Labute approximate surface area is 146 Å². The molecule has 2 N–H and O–H groups in total. The number of nitrogens with zero attached hydrogens (tertiary/aromatic N) is 2. The van der Waals surface area contributed by atoms with Gasteiger partial charge in [-0.2, -0.15) is 0 Å². The normalized spacial score (nSPS) is 11.2. The van der Waals surface area contributed by atoms with Gasteiger partial charge in [-0.15, -0.1) is 24.0 Å². The Hall–Kier alpha value is -0.850. The van der Waals surface area contributed by atoms with Crippen LogP contribution in [0.1, 0.15) is 45.0 Å². The molecule has 0 aliphatic heterocycles. The van der Waals surface area contributed by atoms with E-state index in [2.05, 4.69) is 41.4 Å². The number of aliphatic imine (C=N–C) groups is 1. The molecule has 5 heteroatoms. The van der Waals surface area contributed by atoms with E-state index in [9.17, 15) is 0 Å². The minimum absolute atomic E-state index is 0. The molecule has 0 saturated heterocycles. The van der Waals surface area contributed by atoms with Crippen LogP contribution in [0, 0.1) is 12.8 Å². The molecular formula is C16H29IN4. The number of pyridine rings is 1. The minimum atomic E-state index is 0. The average molecular weight is 404 g/mol. The summed E-state index contributed by atoms with van der Waals surface area (Å²) < 4.78 is 0. The zero-order chi connectivity index (χ0) is 14.8. The second-order valence-corrected chi connectivity index (χ2v) is 5.43. The molecule has 0 spiro atoms. The number of hydrogen-bond donors (Lipinski definition) is 2. The van der Waals surface area contributed by atoms with Gasteiger partial charge < -0.3 is 10.6 Å². The van der Waals surface area contributed by atoms with Crippen LogP contribution in [0.15, 0.2) is 23.2 Å². The van der Waals surface area contributed by atoms with Crippen LogP contribution in [-0.4, -0.2) is 24.0 Å². The summed E-state index contributed by atoms with van der Waals surface area (Å²) in [5.41, 5.74) is 2.04. The van der Waals surface area contributed by atoms with Gasteiger partial charge in [-0.25, -0.2) is 4.99 Å². The maximum absolute atomic E-state index is 4.57. The van der Waals surface area contributed by atoms with E-state index in [0.29, 0.717) is 6.54 Å². The standard InChI is InChI=1S/C16H28N4.HI/c1-5-17-16(18-11-7-8-13(2)3)19-12-15-10-6-9-14(4)20-15;/h6,9-10,13H,5,7-8,11-12H2,1-4H3,(H2,17,18,19);1H. The molecule has 120 valence electrons. The van der Waals surface area contributed by atoms with Crippen molar-refractivity contribution >= 4 is 29.9 Å². The fourth-order valence-corrected chi connectivity index (χ4v) is 1.91. The lowest BCUT2D eigenvalue weighted by molar-refractivity contribution is 0.549. The molecule has 4 nitrogen and oxygen atoms in total. The topological polar surface area (TPSA) is 49.3 Å². The molecule has 0 unspecified atom stereocenters. The van der Waals surface area contributed by atoms with Crippen molar-refractivity contribution in [2.24, 2.45) is 10.9 Å². The molecule has 1 rings (SSSR count). The van der Waals surface area contributed by atoms with Gasteiger partial charge in [0.05, 0.1) is 12.2 Å². The van der Waals surface area contributed by atoms with Crippen molar-refractivity contribution in [3.63, 3.8) is 0 Å². The number of halogens is 1. The van der Waals surface area contributed by atoms with Gasteiger partial charge in [-0.1, -0.05) is 19.9 Å². The molecular weight excluding hydrogens is 375 g/mol. The van der Waals surface area contributed by atoms with Crippen molar-refractivity contribution in [3.05, 3.63) is 29.6 Å². The fourth-order valence-electron chi connectivity index (χ4n) is 1.91. The van der Waals surface area contributed by atoms with Crippen LogP contribution in [0.4, 0.5) is 0 Å². The molecule has 0 bridgehead atoms. The van der Waals surface area contributed by atoms with Crippen molar-refractivity contribution in [3.8, 4) is 0 Å². The quantitative estimate of drug-likeness (QED) is 0.317. The van der Waals surface area contributed by atoms with E-state index in [-0.39, 0.29) is 24.0 Å². The van der Waals surface area contributed by atoms with Gasteiger partial charge in [-0.3, -0.25) is 4.98 Å². The molecule has 0 fully saturated rings. The van der Waals surface area contributed by atoms with Crippen molar-refractivity contribution < 1.29 is 0 Å². The largest absolute Gasteiger partial charge is 0.357 e. The summed E-state index contributed by atoms with van der Waals surface area (Å²) in [5, 5.41) is 6.64. The number of guanidine groups is 1. The van der Waals surface area contributed by atoms with Crippen LogP contribution in [0.25, 0.3) is 0 Å². The highest BCUT2D eigenvalue weighted by molar-refractivity contribution is 14.0. The minimum Gasteiger partial charge on any atom is -0.357 e. The molecule has 0 radical (unpaired) electrons. The highest BCUT2D eigenvalue weighted by atomic mass is 127. The van der Waals surface area contributed by atoms with Gasteiger partial charge in [0.25, 0.3) is 0 Å². The Kier molecular flexibility index (Phi) is 11.3. The SMILES string of the molecule is CCNC(=NCc1cccc(C)n1)NCCCC(C)C.I.